The number of hydrogen-bond donors (Lipinski definition) is 1. The van der Waals surface area contributed by atoms with Crippen molar-refractivity contribution >= 4 is 21.6 Å². The van der Waals surface area contributed by atoms with Crippen LogP contribution in [0.1, 0.15) is 25.3 Å². The van der Waals surface area contributed by atoms with Crippen LogP contribution < -0.4 is 5.32 Å². The van der Waals surface area contributed by atoms with Gasteiger partial charge in [0.25, 0.3) is 0 Å². The molecule has 1 aliphatic rings. The van der Waals surface area contributed by atoms with E-state index in [1.165, 1.54) is 25.9 Å². The number of likely N-dealkylation sites (tertiary alicyclic amines) is 1. The van der Waals surface area contributed by atoms with Crippen molar-refractivity contribution in [1.82, 2.24) is 4.90 Å². The van der Waals surface area contributed by atoms with Crippen LogP contribution in [-0.4, -0.2) is 31.6 Å². The summed E-state index contributed by atoms with van der Waals surface area (Å²) in [5.41, 5.74) is 2.05. The van der Waals surface area contributed by atoms with Gasteiger partial charge in [-0.2, -0.15) is 5.26 Å². The summed E-state index contributed by atoms with van der Waals surface area (Å²) in [5.74, 6) is 0. The zero-order chi connectivity index (χ0) is 13.9. The summed E-state index contributed by atoms with van der Waals surface area (Å²) in [7, 11) is 2.18. The molecule has 1 fully saturated rings. The number of nitrogens with one attached hydrogen (secondary N) is 1. The first kappa shape index (κ1) is 14.4. The Morgan fingerprint density at radius 1 is 1.37 bits per heavy atom. The molecule has 0 amide bonds. The molecule has 0 aliphatic carbocycles. The molecule has 4 heteroatoms. The van der Waals surface area contributed by atoms with Crippen LogP contribution in [0, 0.1) is 16.7 Å². The Morgan fingerprint density at radius 2 is 2.05 bits per heavy atom. The summed E-state index contributed by atoms with van der Waals surface area (Å²) >= 11 is 3.44. The summed E-state index contributed by atoms with van der Waals surface area (Å²) in [6.45, 7) is 5.64. The highest BCUT2D eigenvalue weighted by Gasteiger charge is 2.28. The van der Waals surface area contributed by atoms with Gasteiger partial charge < -0.3 is 10.2 Å². The van der Waals surface area contributed by atoms with E-state index in [-0.39, 0.29) is 0 Å². The molecule has 2 rings (SSSR count). The lowest BCUT2D eigenvalue weighted by Crippen LogP contribution is -2.40. The van der Waals surface area contributed by atoms with Crippen molar-refractivity contribution in [1.29, 1.82) is 5.26 Å². The summed E-state index contributed by atoms with van der Waals surface area (Å²) in [5, 5.41) is 12.5. The van der Waals surface area contributed by atoms with Crippen LogP contribution in [0.4, 0.5) is 5.69 Å². The Hall–Kier alpha value is -1.05. The van der Waals surface area contributed by atoms with E-state index in [1.807, 2.05) is 18.2 Å². The minimum absolute atomic E-state index is 0.349. The smallest absolute Gasteiger partial charge is 0.0992 e. The molecule has 0 aromatic heterocycles. The Bertz CT molecular complexity index is 485. The number of rotatable bonds is 3. The highest BCUT2D eigenvalue weighted by Crippen LogP contribution is 2.31. The summed E-state index contributed by atoms with van der Waals surface area (Å²) < 4.78 is 0.947. The van der Waals surface area contributed by atoms with Gasteiger partial charge in [0.2, 0.25) is 0 Å². The third-order valence-corrected chi connectivity index (χ3v) is 4.40. The first-order chi connectivity index (χ1) is 9.00. The van der Waals surface area contributed by atoms with E-state index in [9.17, 15) is 0 Å². The normalized spacial score (nSPS) is 18.8. The van der Waals surface area contributed by atoms with Gasteiger partial charge in [0, 0.05) is 16.7 Å². The Labute approximate surface area is 123 Å². The average Bonchev–Trinajstić information content (AvgIpc) is 2.40. The quantitative estimate of drug-likeness (QED) is 0.926. The zero-order valence-corrected chi connectivity index (χ0v) is 13.1. The van der Waals surface area contributed by atoms with Gasteiger partial charge in [-0.3, -0.25) is 0 Å². The molecule has 1 heterocycles. The second-order valence-corrected chi connectivity index (χ2v) is 6.72. The van der Waals surface area contributed by atoms with Crippen LogP contribution in [0.15, 0.2) is 22.7 Å². The largest absolute Gasteiger partial charge is 0.384 e. The van der Waals surface area contributed by atoms with Gasteiger partial charge in [-0.1, -0.05) is 22.9 Å². The maximum Gasteiger partial charge on any atom is 0.0992 e. The van der Waals surface area contributed by atoms with E-state index < -0.39 is 0 Å². The number of anilines is 1. The van der Waals surface area contributed by atoms with Crippen molar-refractivity contribution in [3.63, 3.8) is 0 Å². The molecule has 1 aromatic rings. The molecule has 1 N–H and O–H groups in total. The Morgan fingerprint density at radius 3 is 2.68 bits per heavy atom. The second kappa shape index (κ2) is 5.94. The topological polar surface area (TPSA) is 39.1 Å². The van der Waals surface area contributed by atoms with Gasteiger partial charge in [0.05, 0.1) is 11.6 Å². The second-order valence-electron chi connectivity index (χ2n) is 5.81. The van der Waals surface area contributed by atoms with Gasteiger partial charge in [0.15, 0.2) is 0 Å². The number of hydrogen-bond acceptors (Lipinski definition) is 3. The molecule has 1 saturated heterocycles. The van der Waals surface area contributed by atoms with Gasteiger partial charge in [-0.05, 0) is 56.6 Å². The minimum Gasteiger partial charge on any atom is -0.384 e. The lowest BCUT2D eigenvalue weighted by molar-refractivity contribution is 0.150. The molecule has 19 heavy (non-hydrogen) atoms. The third kappa shape index (κ3) is 3.95. The minimum atomic E-state index is 0.349. The van der Waals surface area contributed by atoms with E-state index in [0.29, 0.717) is 11.0 Å². The van der Waals surface area contributed by atoms with E-state index in [0.717, 1.165) is 16.7 Å². The van der Waals surface area contributed by atoms with Crippen LogP contribution in [0.5, 0.6) is 0 Å². The third-order valence-electron chi connectivity index (χ3n) is 3.94. The van der Waals surface area contributed by atoms with Gasteiger partial charge in [-0.15, -0.1) is 0 Å². The number of piperidine rings is 1. The SMILES string of the molecule is CN1CCC(C)(CNc2cc(Br)cc(C#N)c2)CC1. The molecular weight excluding hydrogens is 302 g/mol. The molecule has 0 bridgehead atoms. The van der Waals surface area contributed by atoms with Crippen LogP contribution in [-0.2, 0) is 0 Å². The van der Waals surface area contributed by atoms with Crippen molar-refractivity contribution in [2.45, 2.75) is 19.8 Å². The van der Waals surface area contributed by atoms with Crippen molar-refractivity contribution in [3.05, 3.63) is 28.2 Å². The van der Waals surface area contributed by atoms with Gasteiger partial charge >= 0.3 is 0 Å². The van der Waals surface area contributed by atoms with E-state index in [1.54, 1.807) is 0 Å². The number of nitriles is 1. The Balaban J connectivity index is 1.99. The van der Waals surface area contributed by atoms with Gasteiger partial charge in [0.1, 0.15) is 0 Å². The van der Waals surface area contributed by atoms with E-state index >= 15 is 0 Å². The van der Waals surface area contributed by atoms with Crippen molar-refractivity contribution < 1.29 is 0 Å². The van der Waals surface area contributed by atoms with Crippen LogP contribution in [0.25, 0.3) is 0 Å². The van der Waals surface area contributed by atoms with Crippen molar-refractivity contribution in [2.24, 2.45) is 5.41 Å². The highest BCUT2D eigenvalue weighted by molar-refractivity contribution is 9.10. The molecule has 0 radical (unpaired) electrons. The number of nitrogens with zero attached hydrogens (tertiary/aromatic N) is 2. The first-order valence-corrected chi connectivity index (χ1v) is 7.43. The highest BCUT2D eigenvalue weighted by atomic mass is 79.9. The summed E-state index contributed by atoms with van der Waals surface area (Å²) in [6.07, 6.45) is 2.44. The first-order valence-electron chi connectivity index (χ1n) is 6.64. The number of benzene rings is 1. The lowest BCUT2D eigenvalue weighted by Gasteiger charge is -2.38. The fraction of sp³-hybridized carbons (Fsp3) is 0.533. The molecular formula is C15H20BrN3. The van der Waals surface area contributed by atoms with Crippen LogP contribution >= 0.6 is 15.9 Å². The van der Waals surface area contributed by atoms with Crippen molar-refractivity contribution in [2.75, 3.05) is 32.0 Å². The number of halogens is 1. The zero-order valence-electron chi connectivity index (χ0n) is 11.5. The summed E-state index contributed by atoms with van der Waals surface area (Å²) in [4.78, 5) is 2.38. The fourth-order valence-corrected chi connectivity index (χ4v) is 2.90. The molecule has 1 aliphatic heterocycles. The molecule has 0 saturated carbocycles. The van der Waals surface area contributed by atoms with Crippen LogP contribution in [0.3, 0.4) is 0 Å². The standard InChI is InChI=1S/C15H20BrN3/c1-15(3-5-19(2)6-4-15)11-18-14-8-12(10-17)7-13(16)9-14/h7-9,18H,3-6,11H2,1-2H3. The van der Waals surface area contributed by atoms with Crippen LogP contribution in [0.2, 0.25) is 0 Å². The lowest BCUT2D eigenvalue weighted by atomic mass is 9.80. The average molecular weight is 322 g/mol. The maximum atomic E-state index is 8.98. The Kier molecular flexibility index (Phi) is 4.49. The van der Waals surface area contributed by atoms with Gasteiger partial charge in [-0.25, -0.2) is 0 Å². The molecule has 0 atom stereocenters. The fourth-order valence-electron chi connectivity index (χ4n) is 2.41. The maximum absolute atomic E-state index is 8.98. The molecule has 0 spiro atoms. The summed E-state index contributed by atoms with van der Waals surface area (Å²) in [6, 6.07) is 7.95. The molecule has 102 valence electrons. The predicted octanol–water partition coefficient (Wildman–Crippen LogP) is 3.46. The molecule has 0 unspecified atom stereocenters. The monoisotopic (exact) mass is 321 g/mol. The predicted molar refractivity (Wildman–Crippen MR) is 82.2 cm³/mol. The molecule has 3 nitrogen and oxygen atoms in total. The van der Waals surface area contributed by atoms with E-state index in [4.69, 9.17) is 5.26 Å². The van der Waals surface area contributed by atoms with E-state index in [2.05, 4.69) is 46.2 Å². The molecule has 1 aromatic carbocycles. The van der Waals surface area contributed by atoms with Crippen molar-refractivity contribution in [3.8, 4) is 6.07 Å².